The van der Waals surface area contributed by atoms with E-state index in [9.17, 15) is 4.79 Å². The SMILES string of the molecule is CC.COc1cc(C(=O)NSC)ccc1-c1cnc(CCl)c(Cl)c1. The van der Waals surface area contributed by atoms with Gasteiger partial charge in [-0.1, -0.05) is 37.4 Å². The Morgan fingerprint density at radius 2 is 2.04 bits per heavy atom. The van der Waals surface area contributed by atoms with Gasteiger partial charge in [0.1, 0.15) is 5.75 Å². The highest BCUT2D eigenvalue weighted by molar-refractivity contribution is 7.97. The third-order valence-electron chi connectivity index (χ3n) is 3.01. The predicted molar refractivity (Wildman–Crippen MR) is 103 cm³/mol. The molecule has 0 aliphatic heterocycles. The number of hydrogen-bond donors (Lipinski definition) is 1. The molecule has 1 heterocycles. The highest BCUT2D eigenvalue weighted by Gasteiger charge is 2.13. The molecular weight excluding hydrogens is 367 g/mol. The van der Waals surface area contributed by atoms with Crippen molar-refractivity contribution >= 4 is 41.1 Å². The van der Waals surface area contributed by atoms with E-state index in [1.54, 1.807) is 37.8 Å². The largest absolute Gasteiger partial charge is 0.496 e. The number of hydrogen-bond acceptors (Lipinski definition) is 4. The molecule has 0 saturated carbocycles. The fourth-order valence-corrected chi connectivity index (χ4v) is 2.75. The number of carbonyl (C=O) groups excluding carboxylic acids is 1. The summed E-state index contributed by atoms with van der Waals surface area (Å²) in [6, 6.07) is 7.00. The van der Waals surface area contributed by atoms with Gasteiger partial charge in [-0.25, -0.2) is 0 Å². The van der Waals surface area contributed by atoms with Gasteiger partial charge < -0.3 is 4.74 Å². The van der Waals surface area contributed by atoms with E-state index >= 15 is 0 Å². The molecule has 1 N–H and O–H groups in total. The monoisotopic (exact) mass is 386 g/mol. The molecule has 1 aromatic carbocycles. The van der Waals surface area contributed by atoms with Crippen LogP contribution in [0.5, 0.6) is 5.75 Å². The minimum atomic E-state index is -0.175. The van der Waals surface area contributed by atoms with E-state index in [1.165, 1.54) is 11.9 Å². The number of alkyl halides is 1. The van der Waals surface area contributed by atoms with Gasteiger partial charge in [0.25, 0.3) is 5.91 Å². The third kappa shape index (κ3) is 5.03. The van der Waals surface area contributed by atoms with E-state index in [0.29, 0.717) is 22.0 Å². The van der Waals surface area contributed by atoms with Crippen LogP contribution < -0.4 is 9.46 Å². The molecule has 0 saturated heterocycles. The molecule has 0 unspecified atom stereocenters. The number of methoxy groups -OCH3 is 1. The Morgan fingerprint density at radius 1 is 1.33 bits per heavy atom. The topological polar surface area (TPSA) is 51.2 Å². The Bertz CT molecular complexity index is 696. The van der Waals surface area contributed by atoms with Crippen molar-refractivity contribution < 1.29 is 9.53 Å². The molecule has 4 nitrogen and oxygen atoms in total. The maximum Gasteiger partial charge on any atom is 0.261 e. The summed E-state index contributed by atoms with van der Waals surface area (Å²) in [5.74, 6) is 0.653. The lowest BCUT2D eigenvalue weighted by atomic mass is 10.0. The standard InChI is InChI=1S/C15H14Cl2N2O2S.C2H6/c1-21-14-6-9(15(20)19-22-2)3-4-11(14)10-5-12(17)13(7-16)18-8-10;1-2/h3-6,8H,7H2,1-2H3,(H,19,20);1-2H3. The second kappa shape index (κ2) is 10.4. The molecule has 0 radical (unpaired) electrons. The minimum absolute atomic E-state index is 0.175. The number of pyridine rings is 1. The lowest BCUT2D eigenvalue weighted by Gasteiger charge is -2.11. The number of carbonyl (C=O) groups is 1. The quantitative estimate of drug-likeness (QED) is 0.567. The van der Waals surface area contributed by atoms with Crippen molar-refractivity contribution in [2.24, 2.45) is 0 Å². The summed E-state index contributed by atoms with van der Waals surface area (Å²) in [5, 5.41) is 0.499. The van der Waals surface area contributed by atoms with Crippen molar-refractivity contribution in [3.05, 3.63) is 46.7 Å². The van der Waals surface area contributed by atoms with Gasteiger partial charge in [-0.05, 0) is 24.3 Å². The average molecular weight is 387 g/mol. The number of halogens is 2. The van der Waals surface area contributed by atoms with Gasteiger partial charge in [-0.15, -0.1) is 11.6 Å². The molecule has 130 valence electrons. The fourth-order valence-electron chi connectivity index (χ4n) is 1.93. The first kappa shape index (κ1) is 20.6. The molecule has 7 heteroatoms. The van der Waals surface area contributed by atoms with Gasteiger partial charge in [0.15, 0.2) is 0 Å². The molecule has 0 aliphatic rings. The van der Waals surface area contributed by atoms with Crippen molar-refractivity contribution in [1.29, 1.82) is 0 Å². The summed E-state index contributed by atoms with van der Waals surface area (Å²) in [6.07, 6.45) is 3.47. The van der Waals surface area contributed by atoms with Crippen LogP contribution in [-0.4, -0.2) is 24.3 Å². The van der Waals surface area contributed by atoms with Crippen LogP contribution >= 0.6 is 35.1 Å². The molecular formula is C17H20Cl2N2O2S. The number of amides is 1. The summed E-state index contributed by atoms with van der Waals surface area (Å²) in [6.45, 7) is 4.00. The van der Waals surface area contributed by atoms with E-state index in [-0.39, 0.29) is 11.8 Å². The second-order valence-corrected chi connectivity index (χ2v) is 5.62. The molecule has 2 aromatic rings. The molecule has 0 fully saturated rings. The van der Waals surface area contributed by atoms with E-state index in [4.69, 9.17) is 27.9 Å². The summed E-state index contributed by atoms with van der Waals surface area (Å²) >= 11 is 13.1. The third-order valence-corrected chi connectivity index (χ3v) is 3.98. The zero-order valence-electron chi connectivity index (χ0n) is 14.0. The summed E-state index contributed by atoms with van der Waals surface area (Å²) in [4.78, 5) is 16.1. The Labute approximate surface area is 157 Å². The first-order valence-electron chi connectivity index (χ1n) is 7.32. The first-order valence-corrected chi connectivity index (χ1v) is 9.46. The number of nitrogens with zero attached hydrogens (tertiary/aromatic N) is 1. The Morgan fingerprint density at radius 3 is 2.58 bits per heavy atom. The van der Waals surface area contributed by atoms with Gasteiger partial charge in [-0.2, -0.15) is 0 Å². The van der Waals surface area contributed by atoms with Crippen LogP contribution in [0.15, 0.2) is 30.5 Å². The smallest absolute Gasteiger partial charge is 0.261 e. The molecule has 1 aromatic heterocycles. The first-order chi connectivity index (χ1) is 11.6. The lowest BCUT2D eigenvalue weighted by molar-refractivity contribution is 0.0984. The number of rotatable bonds is 5. The maximum absolute atomic E-state index is 11.9. The van der Waals surface area contributed by atoms with Crippen molar-refractivity contribution in [2.75, 3.05) is 13.4 Å². The summed E-state index contributed by atoms with van der Waals surface area (Å²) < 4.78 is 8.05. The molecule has 0 spiro atoms. The van der Waals surface area contributed by atoms with E-state index in [2.05, 4.69) is 9.71 Å². The average Bonchev–Trinajstić information content (AvgIpc) is 2.63. The van der Waals surface area contributed by atoms with Crippen molar-refractivity contribution in [1.82, 2.24) is 9.71 Å². The van der Waals surface area contributed by atoms with Crippen LogP contribution in [0, 0.1) is 0 Å². The summed E-state index contributed by atoms with van der Waals surface area (Å²) in [7, 11) is 1.55. The Balaban J connectivity index is 0.00000139. The lowest BCUT2D eigenvalue weighted by Crippen LogP contribution is -2.15. The number of nitrogens with one attached hydrogen (secondary N) is 1. The van der Waals surface area contributed by atoms with Crippen LogP contribution in [0.2, 0.25) is 5.02 Å². The highest BCUT2D eigenvalue weighted by Crippen LogP contribution is 2.32. The van der Waals surface area contributed by atoms with Gasteiger partial charge in [0.05, 0.1) is 23.7 Å². The molecule has 0 aliphatic carbocycles. The van der Waals surface area contributed by atoms with E-state index in [0.717, 1.165) is 11.1 Å². The zero-order chi connectivity index (χ0) is 18.1. The van der Waals surface area contributed by atoms with Crippen molar-refractivity contribution in [3.8, 4) is 16.9 Å². The van der Waals surface area contributed by atoms with Crippen LogP contribution in [0.3, 0.4) is 0 Å². The predicted octanol–water partition coefficient (Wildman–Crippen LogP) is 5.18. The fraction of sp³-hybridized carbons (Fsp3) is 0.294. The number of ether oxygens (including phenoxy) is 1. The highest BCUT2D eigenvalue weighted by atomic mass is 35.5. The van der Waals surface area contributed by atoms with Crippen molar-refractivity contribution in [2.45, 2.75) is 19.7 Å². The van der Waals surface area contributed by atoms with Crippen LogP contribution in [0.4, 0.5) is 0 Å². The normalized spacial score (nSPS) is 9.75. The minimum Gasteiger partial charge on any atom is -0.496 e. The van der Waals surface area contributed by atoms with E-state index in [1.807, 2.05) is 19.9 Å². The molecule has 0 atom stereocenters. The molecule has 2 rings (SSSR count). The molecule has 0 bridgehead atoms. The van der Waals surface area contributed by atoms with Gasteiger partial charge in [0.2, 0.25) is 0 Å². The van der Waals surface area contributed by atoms with Gasteiger partial charge in [-0.3, -0.25) is 14.5 Å². The number of aromatic nitrogens is 1. The Kier molecular flexibility index (Phi) is 8.97. The Hall–Kier alpha value is -1.43. The van der Waals surface area contributed by atoms with Crippen molar-refractivity contribution in [3.63, 3.8) is 0 Å². The summed E-state index contributed by atoms with van der Waals surface area (Å²) in [5.41, 5.74) is 2.75. The van der Waals surface area contributed by atoms with Crippen LogP contribution in [-0.2, 0) is 5.88 Å². The maximum atomic E-state index is 11.9. The van der Waals surface area contributed by atoms with Gasteiger partial charge >= 0.3 is 0 Å². The van der Waals surface area contributed by atoms with E-state index < -0.39 is 0 Å². The zero-order valence-corrected chi connectivity index (χ0v) is 16.4. The van der Waals surface area contributed by atoms with Gasteiger partial charge in [0, 0.05) is 29.1 Å². The van der Waals surface area contributed by atoms with Crippen LogP contribution in [0.1, 0.15) is 29.9 Å². The second-order valence-electron chi connectivity index (χ2n) is 4.34. The molecule has 24 heavy (non-hydrogen) atoms. The number of benzene rings is 1. The van der Waals surface area contributed by atoms with Crippen LogP contribution in [0.25, 0.3) is 11.1 Å². The molecule has 1 amide bonds.